The Morgan fingerprint density at radius 2 is 1.62 bits per heavy atom. The quantitative estimate of drug-likeness (QED) is 0.492. The van der Waals surface area contributed by atoms with Gasteiger partial charge in [-0.3, -0.25) is 4.79 Å². The standard InChI is InChI=1S/C23H19ClF3N3O2/c1-30(21(31)16-5-7-18(24)8-6-16)20-11-9-19(10-12-20)29-22(32)28-14-15-3-2-4-17(13-15)23(25,26)27/h2-13H,14H2,1H3,(H2,28,29,32). The van der Waals surface area contributed by atoms with E-state index in [0.29, 0.717) is 27.5 Å². The molecule has 3 aromatic rings. The summed E-state index contributed by atoms with van der Waals surface area (Å²) in [6, 6.07) is 17.3. The van der Waals surface area contributed by atoms with Crippen LogP contribution in [0, 0.1) is 0 Å². The fourth-order valence-corrected chi connectivity index (χ4v) is 3.01. The molecule has 0 aromatic heterocycles. The van der Waals surface area contributed by atoms with E-state index in [2.05, 4.69) is 10.6 Å². The minimum Gasteiger partial charge on any atom is -0.334 e. The van der Waals surface area contributed by atoms with Crippen LogP contribution in [0.3, 0.4) is 0 Å². The van der Waals surface area contributed by atoms with E-state index in [1.54, 1.807) is 55.6 Å². The lowest BCUT2D eigenvalue weighted by Gasteiger charge is -2.18. The van der Waals surface area contributed by atoms with Crippen molar-refractivity contribution in [3.8, 4) is 0 Å². The fourth-order valence-electron chi connectivity index (χ4n) is 2.89. The maximum atomic E-state index is 12.8. The lowest BCUT2D eigenvalue weighted by Crippen LogP contribution is -2.28. The highest BCUT2D eigenvalue weighted by molar-refractivity contribution is 6.30. The third-order valence-corrected chi connectivity index (χ3v) is 4.87. The van der Waals surface area contributed by atoms with Crippen molar-refractivity contribution in [2.45, 2.75) is 12.7 Å². The molecule has 0 saturated heterocycles. The topological polar surface area (TPSA) is 61.4 Å². The first kappa shape index (κ1) is 23.1. The van der Waals surface area contributed by atoms with Crippen LogP contribution in [0.5, 0.6) is 0 Å². The van der Waals surface area contributed by atoms with Crippen LogP contribution in [-0.2, 0) is 12.7 Å². The zero-order chi connectivity index (χ0) is 23.3. The molecule has 0 aliphatic heterocycles. The molecular formula is C23H19ClF3N3O2. The van der Waals surface area contributed by atoms with Crippen molar-refractivity contribution < 1.29 is 22.8 Å². The maximum absolute atomic E-state index is 12.8. The Bertz CT molecular complexity index is 1100. The smallest absolute Gasteiger partial charge is 0.334 e. The Morgan fingerprint density at radius 1 is 0.969 bits per heavy atom. The first-order chi connectivity index (χ1) is 15.1. The van der Waals surface area contributed by atoms with Crippen LogP contribution >= 0.6 is 11.6 Å². The van der Waals surface area contributed by atoms with Gasteiger partial charge in [0.05, 0.1) is 5.56 Å². The van der Waals surface area contributed by atoms with Crippen LogP contribution in [-0.4, -0.2) is 19.0 Å². The number of nitrogens with zero attached hydrogens (tertiary/aromatic N) is 1. The Balaban J connectivity index is 1.56. The third kappa shape index (κ3) is 6.01. The summed E-state index contributed by atoms with van der Waals surface area (Å²) in [6.07, 6.45) is -4.44. The molecule has 3 rings (SSSR count). The number of amides is 3. The van der Waals surface area contributed by atoms with Gasteiger partial charge in [-0.05, 0) is 66.2 Å². The summed E-state index contributed by atoms with van der Waals surface area (Å²) in [7, 11) is 1.63. The lowest BCUT2D eigenvalue weighted by molar-refractivity contribution is -0.137. The van der Waals surface area contributed by atoms with Gasteiger partial charge >= 0.3 is 12.2 Å². The molecule has 0 unspecified atom stereocenters. The summed E-state index contributed by atoms with van der Waals surface area (Å²) in [5, 5.41) is 5.65. The number of rotatable bonds is 5. The highest BCUT2D eigenvalue weighted by Crippen LogP contribution is 2.29. The highest BCUT2D eigenvalue weighted by atomic mass is 35.5. The molecule has 0 saturated carbocycles. The van der Waals surface area contributed by atoms with Crippen LogP contribution < -0.4 is 15.5 Å². The monoisotopic (exact) mass is 461 g/mol. The van der Waals surface area contributed by atoms with Crippen molar-refractivity contribution >= 4 is 34.9 Å². The molecule has 5 nitrogen and oxygen atoms in total. The predicted octanol–water partition coefficient (Wildman–Crippen LogP) is 5.96. The van der Waals surface area contributed by atoms with Crippen LogP contribution in [0.15, 0.2) is 72.8 Å². The number of carbonyl (C=O) groups is 2. The van der Waals surface area contributed by atoms with E-state index < -0.39 is 17.8 Å². The molecule has 166 valence electrons. The number of alkyl halides is 3. The second kappa shape index (κ2) is 9.74. The van der Waals surface area contributed by atoms with Gasteiger partial charge in [0, 0.05) is 35.6 Å². The number of hydrogen-bond donors (Lipinski definition) is 2. The van der Waals surface area contributed by atoms with Gasteiger partial charge in [-0.2, -0.15) is 13.2 Å². The fraction of sp³-hybridized carbons (Fsp3) is 0.130. The summed E-state index contributed by atoms with van der Waals surface area (Å²) in [5.41, 5.74) is 1.10. The van der Waals surface area contributed by atoms with Gasteiger partial charge in [-0.15, -0.1) is 0 Å². The van der Waals surface area contributed by atoms with Crippen molar-refractivity contribution in [2.24, 2.45) is 0 Å². The van der Waals surface area contributed by atoms with Crippen molar-refractivity contribution in [1.82, 2.24) is 5.32 Å². The van der Waals surface area contributed by atoms with E-state index >= 15 is 0 Å². The van der Waals surface area contributed by atoms with Gasteiger partial charge in [-0.1, -0.05) is 23.7 Å². The molecule has 9 heteroatoms. The highest BCUT2D eigenvalue weighted by Gasteiger charge is 2.30. The molecule has 32 heavy (non-hydrogen) atoms. The number of anilines is 2. The molecule has 0 radical (unpaired) electrons. The summed E-state index contributed by atoms with van der Waals surface area (Å²) in [5.74, 6) is -0.221. The van der Waals surface area contributed by atoms with Crippen LogP contribution in [0.2, 0.25) is 5.02 Å². The molecule has 2 N–H and O–H groups in total. The molecule has 0 atom stereocenters. The van der Waals surface area contributed by atoms with E-state index in [1.807, 2.05) is 0 Å². The van der Waals surface area contributed by atoms with Crippen LogP contribution in [0.1, 0.15) is 21.5 Å². The van der Waals surface area contributed by atoms with Gasteiger partial charge in [0.15, 0.2) is 0 Å². The molecule has 3 amide bonds. The molecule has 0 aliphatic carbocycles. The molecule has 0 fully saturated rings. The summed E-state index contributed by atoms with van der Waals surface area (Å²) in [4.78, 5) is 26.1. The second-order valence-corrected chi connectivity index (χ2v) is 7.36. The molecule has 0 heterocycles. The van der Waals surface area contributed by atoms with Gasteiger partial charge in [0.1, 0.15) is 0 Å². The molecule has 0 bridgehead atoms. The Morgan fingerprint density at radius 3 is 2.25 bits per heavy atom. The number of urea groups is 1. The Hall–Kier alpha value is -3.52. The maximum Gasteiger partial charge on any atom is 0.416 e. The summed E-state index contributed by atoms with van der Waals surface area (Å²) in [6.45, 7) is -0.0633. The van der Waals surface area contributed by atoms with Gasteiger partial charge in [0.25, 0.3) is 5.91 Å². The van der Waals surface area contributed by atoms with Gasteiger partial charge in [-0.25, -0.2) is 4.79 Å². The molecule has 0 spiro atoms. The van der Waals surface area contributed by atoms with Crippen molar-refractivity contribution in [1.29, 1.82) is 0 Å². The number of halogens is 4. The molecule has 3 aromatic carbocycles. The van der Waals surface area contributed by atoms with E-state index in [9.17, 15) is 22.8 Å². The van der Waals surface area contributed by atoms with E-state index in [0.717, 1.165) is 12.1 Å². The second-order valence-electron chi connectivity index (χ2n) is 6.92. The zero-order valence-electron chi connectivity index (χ0n) is 16.9. The Labute approximate surface area is 187 Å². The largest absolute Gasteiger partial charge is 0.416 e. The van der Waals surface area contributed by atoms with E-state index in [1.165, 1.54) is 17.0 Å². The molecular weight excluding hydrogens is 443 g/mol. The average Bonchev–Trinajstić information content (AvgIpc) is 2.77. The Kier molecular flexibility index (Phi) is 7.05. The normalized spacial score (nSPS) is 11.0. The average molecular weight is 462 g/mol. The number of nitrogens with one attached hydrogen (secondary N) is 2. The summed E-state index contributed by atoms with van der Waals surface area (Å²) >= 11 is 5.84. The SMILES string of the molecule is CN(C(=O)c1ccc(Cl)cc1)c1ccc(NC(=O)NCc2cccc(C(F)(F)F)c2)cc1. The zero-order valence-corrected chi connectivity index (χ0v) is 17.7. The van der Waals surface area contributed by atoms with Gasteiger partial charge < -0.3 is 15.5 Å². The van der Waals surface area contributed by atoms with E-state index in [-0.39, 0.29) is 12.5 Å². The molecule has 0 aliphatic rings. The van der Waals surface area contributed by atoms with Crippen molar-refractivity contribution in [2.75, 3.05) is 17.3 Å². The minimum atomic E-state index is -4.44. The predicted molar refractivity (Wildman–Crippen MR) is 118 cm³/mol. The van der Waals surface area contributed by atoms with E-state index in [4.69, 9.17) is 11.6 Å². The van der Waals surface area contributed by atoms with Gasteiger partial charge in [0.2, 0.25) is 0 Å². The third-order valence-electron chi connectivity index (χ3n) is 4.62. The number of hydrogen-bond acceptors (Lipinski definition) is 2. The summed E-state index contributed by atoms with van der Waals surface area (Å²) < 4.78 is 38.3. The number of benzene rings is 3. The minimum absolute atomic E-state index is 0.0633. The van der Waals surface area contributed by atoms with Crippen LogP contribution in [0.4, 0.5) is 29.3 Å². The first-order valence-corrected chi connectivity index (χ1v) is 9.86. The number of carbonyl (C=O) groups excluding carboxylic acids is 2. The van der Waals surface area contributed by atoms with Crippen molar-refractivity contribution in [3.63, 3.8) is 0 Å². The van der Waals surface area contributed by atoms with Crippen LogP contribution in [0.25, 0.3) is 0 Å². The van der Waals surface area contributed by atoms with Crippen molar-refractivity contribution in [3.05, 3.63) is 94.5 Å². The lowest BCUT2D eigenvalue weighted by atomic mass is 10.1. The first-order valence-electron chi connectivity index (χ1n) is 9.48.